The van der Waals surface area contributed by atoms with Crippen molar-refractivity contribution < 1.29 is 9.53 Å². The van der Waals surface area contributed by atoms with E-state index < -0.39 is 0 Å². The molecule has 0 aliphatic heterocycles. The van der Waals surface area contributed by atoms with E-state index in [-0.39, 0.29) is 11.2 Å². The van der Waals surface area contributed by atoms with E-state index in [1.165, 1.54) is 24.4 Å². The fourth-order valence-electron chi connectivity index (χ4n) is 1.51. The predicted octanol–water partition coefficient (Wildman–Crippen LogP) is 2.84. The van der Waals surface area contributed by atoms with E-state index in [1.54, 1.807) is 0 Å². The van der Waals surface area contributed by atoms with Gasteiger partial charge in [0.15, 0.2) is 0 Å². The largest absolute Gasteiger partial charge is 0.468 e. The molecule has 0 aliphatic rings. The number of methoxy groups -OCH3 is 1. The van der Waals surface area contributed by atoms with Gasteiger partial charge in [0.2, 0.25) is 0 Å². The highest BCUT2D eigenvalue weighted by Gasteiger charge is 2.14. The molecule has 4 heteroatoms. The van der Waals surface area contributed by atoms with Crippen molar-refractivity contribution in [3.8, 4) is 0 Å². The molecule has 0 bridgehead atoms. The van der Waals surface area contributed by atoms with Crippen molar-refractivity contribution in [2.75, 3.05) is 13.7 Å². The number of benzene rings is 1. The molecule has 0 spiro atoms. The molecule has 0 aliphatic carbocycles. The standard InChI is InChI=1S/C14H21NO2S/c1-4-9-15-10-12-5-7-13(8-6-12)18-11(2)14(16)17-3/h5-8,11,15H,4,9-10H2,1-3H3. The summed E-state index contributed by atoms with van der Waals surface area (Å²) in [6.07, 6.45) is 1.14. The molecule has 1 N–H and O–H groups in total. The van der Waals surface area contributed by atoms with Gasteiger partial charge in [0.1, 0.15) is 5.25 Å². The molecule has 100 valence electrons. The van der Waals surface area contributed by atoms with Gasteiger partial charge in [-0.2, -0.15) is 0 Å². The summed E-state index contributed by atoms with van der Waals surface area (Å²) in [5.41, 5.74) is 1.26. The van der Waals surface area contributed by atoms with E-state index in [2.05, 4.69) is 24.4 Å². The van der Waals surface area contributed by atoms with Crippen molar-refractivity contribution in [2.45, 2.75) is 37.0 Å². The fourth-order valence-corrected chi connectivity index (χ4v) is 2.41. The Labute approximate surface area is 113 Å². The van der Waals surface area contributed by atoms with Gasteiger partial charge in [0.05, 0.1) is 7.11 Å². The van der Waals surface area contributed by atoms with Crippen LogP contribution in [-0.2, 0) is 16.1 Å². The van der Waals surface area contributed by atoms with Crippen LogP contribution in [0.1, 0.15) is 25.8 Å². The molecule has 0 fully saturated rings. The van der Waals surface area contributed by atoms with Gasteiger partial charge in [-0.15, -0.1) is 11.8 Å². The van der Waals surface area contributed by atoms with Gasteiger partial charge < -0.3 is 10.1 Å². The first kappa shape index (κ1) is 15.1. The highest BCUT2D eigenvalue weighted by molar-refractivity contribution is 8.00. The lowest BCUT2D eigenvalue weighted by Gasteiger charge is -2.09. The Bertz CT molecular complexity index is 365. The summed E-state index contributed by atoms with van der Waals surface area (Å²) in [5.74, 6) is -0.186. The maximum atomic E-state index is 11.3. The average molecular weight is 267 g/mol. The second kappa shape index (κ2) is 8.16. The molecule has 0 amide bonds. The van der Waals surface area contributed by atoms with E-state index in [0.29, 0.717) is 0 Å². The fraction of sp³-hybridized carbons (Fsp3) is 0.500. The third-order valence-electron chi connectivity index (χ3n) is 2.53. The second-order valence-corrected chi connectivity index (χ2v) is 5.52. The van der Waals surface area contributed by atoms with E-state index in [4.69, 9.17) is 4.74 Å². The van der Waals surface area contributed by atoms with E-state index in [9.17, 15) is 4.79 Å². The summed E-state index contributed by atoms with van der Waals surface area (Å²) in [7, 11) is 1.42. The monoisotopic (exact) mass is 267 g/mol. The summed E-state index contributed by atoms with van der Waals surface area (Å²) in [4.78, 5) is 12.4. The molecule has 0 aromatic heterocycles. The van der Waals surface area contributed by atoms with Gasteiger partial charge in [0, 0.05) is 11.4 Å². The zero-order valence-corrected chi connectivity index (χ0v) is 12.0. The lowest BCUT2D eigenvalue weighted by molar-refractivity contribution is -0.139. The van der Waals surface area contributed by atoms with Crippen molar-refractivity contribution in [3.63, 3.8) is 0 Å². The Morgan fingerprint density at radius 3 is 2.61 bits per heavy atom. The summed E-state index contributed by atoms with van der Waals surface area (Å²) in [6.45, 7) is 5.94. The number of carbonyl (C=O) groups excluding carboxylic acids is 1. The molecule has 1 aromatic rings. The molecule has 0 saturated heterocycles. The normalized spacial score (nSPS) is 12.2. The number of carbonyl (C=O) groups is 1. The predicted molar refractivity (Wildman–Crippen MR) is 75.8 cm³/mol. The molecular formula is C14H21NO2S. The number of thioether (sulfide) groups is 1. The first-order valence-corrected chi connectivity index (χ1v) is 7.09. The van der Waals surface area contributed by atoms with Crippen molar-refractivity contribution in [1.29, 1.82) is 0 Å². The first-order valence-electron chi connectivity index (χ1n) is 6.21. The second-order valence-electron chi connectivity index (χ2n) is 4.10. The van der Waals surface area contributed by atoms with Gasteiger partial charge in [-0.25, -0.2) is 0 Å². The van der Waals surface area contributed by atoms with Crippen LogP contribution in [0, 0.1) is 0 Å². The number of rotatable bonds is 7. The third-order valence-corrected chi connectivity index (χ3v) is 3.62. The van der Waals surface area contributed by atoms with Gasteiger partial charge in [-0.3, -0.25) is 4.79 Å². The molecule has 18 heavy (non-hydrogen) atoms. The van der Waals surface area contributed by atoms with Gasteiger partial charge in [-0.1, -0.05) is 19.1 Å². The zero-order valence-electron chi connectivity index (χ0n) is 11.2. The number of esters is 1. The Kier molecular flexibility index (Phi) is 6.83. The first-order chi connectivity index (χ1) is 8.67. The Balaban J connectivity index is 2.47. The van der Waals surface area contributed by atoms with Crippen LogP contribution >= 0.6 is 11.8 Å². The number of hydrogen-bond donors (Lipinski definition) is 1. The van der Waals surface area contributed by atoms with Gasteiger partial charge in [0.25, 0.3) is 0 Å². The number of ether oxygens (including phenoxy) is 1. The molecule has 0 saturated carbocycles. The molecular weight excluding hydrogens is 246 g/mol. The molecule has 0 heterocycles. The van der Waals surface area contributed by atoms with E-state index >= 15 is 0 Å². The maximum absolute atomic E-state index is 11.3. The van der Waals surface area contributed by atoms with Crippen LogP contribution in [0.15, 0.2) is 29.2 Å². The van der Waals surface area contributed by atoms with Crippen molar-refractivity contribution in [1.82, 2.24) is 5.32 Å². The molecule has 1 rings (SSSR count). The minimum Gasteiger partial charge on any atom is -0.468 e. The van der Waals surface area contributed by atoms with Crippen LogP contribution in [0.25, 0.3) is 0 Å². The van der Waals surface area contributed by atoms with Crippen LogP contribution in [0.2, 0.25) is 0 Å². The van der Waals surface area contributed by atoms with Crippen LogP contribution in [-0.4, -0.2) is 24.9 Å². The molecule has 0 radical (unpaired) electrons. The quantitative estimate of drug-likeness (QED) is 0.468. The van der Waals surface area contributed by atoms with Gasteiger partial charge in [-0.05, 0) is 37.6 Å². The van der Waals surface area contributed by atoms with Crippen LogP contribution in [0.4, 0.5) is 0 Å². The minimum atomic E-state index is -0.186. The summed E-state index contributed by atoms with van der Waals surface area (Å²) >= 11 is 1.52. The van der Waals surface area contributed by atoms with Crippen LogP contribution in [0.3, 0.4) is 0 Å². The SMILES string of the molecule is CCCNCc1ccc(SC(C)C(=O)OC)cc1. The maximum Gasteiger partial charge on any atom is 0.318 e. The Hall–Kier alpha value is -1.00. The number of nitrogens with one attached hydrogen (secondary N) is 1. The lowest BCUT2D eigenvalue weighted by Crippen LogP contribution is -2.14. The van der Waals surface area contributed by atoms with E-state index in [1.807, 2.05) is 19.1 Å². The summed E-state index contributed by atoms with van der Waals surface area (Å²) in [6, 6.07) is 8.28. The zero-order chi connectivity index (χ0) is 13.4. The van der Waals surface area contributed by atoms with Crippen LogP contribution in [0.5, 0.6) is 0 Å². The molecule has 3 nitrogen and oxygen atoms in total. The average Bonchev–Trinajstić information content (AvgIpc) is 2.40. The van der Waals surface area contributed by atoms with Crippen molar-refractivity contribution in [3.05, 3.63) is 29.8 Å². The highest BCUT2D eigenvalue weighted by atomic mass is 32.2. The lowest BCUT2D eigenvalue weighted by atomic mass is 10.2. The Morgan fingerprint density at radius 1 is 1.39 bits per heavy atom. The number of hydrogen-bond acceptors (Lipinski definition) is 4. The van der Waals surface area contributed by atoms with Crippen molar-refractivity contribution >= 4 is 17.7 Å². The molecule has 1 atom stereocenters. The smallest absolute Gasteiger partial charge is 0.318 e. The molecule has 1 aromatic carbocycles. The van der Waals surface area contributed by atoms with Crippen molar-refractivity contribution in [2.24, 2.45) is 0 Å². The summed E-state index contributed by atoms with van der Waals surface area (Å²) < 4.78 is 4.70. The highest BCUT2D eigenvalue weighted by Crippen LogP contribution is 2.24. The minimum absolute atomic E-state index is 0.168. The summed E-state index contributed by atoms with van der Waals surface area (Å²) in [5, 5.41) is 3.19. The van der Waals surface area contributed by atoms with Crippen LogP contribution < -0.4 is 5.32 Å². The third kappa shape index (κ3) is 5.10. The van der Waals surface area contributed by atoms with E-state index in [0.717, 1.165) is 24.4 Å². The molecule has 1 unspecified atom stereocenters. The Morgan fingerprint density at radius 2 is 2.06 bits per heavy atom. The van der Waals surface area contributed by atoms with Gasteiger partial charge >= 0.3 is 5.97 Å². The topological polar surface area (TPSA) is 38.3 Å².